The van der Waals surface area contributed by atoms with Crippen LogP contribution in [0.5, 0.6) is 5.88 Å². The van der Waals surface area contributed by atoms with Gasteiger partial charge in [0.25, 0.3) is 0 Å². The Labute approximate surface area is 133 Å². The molecule has 0 saturated carbocycles. The number of imidazole rings is 1. The van der Waals surface area contributed by atoms with Gasteiger partial charge in [0.15, 0.2) is 0 Å². The van der Waals surface area contributed by atoms with Crippen LogP contribution >= 0.6 is 0 Å². The molecule has 0 saturated heterocycles. The van der Waals surface area contributed by atoms with Gasteiger partial charge < -0.3 is 9.47 Å². The maximum atomic E-state index is 11.5. The first-order chi connectivity index (χ1) is 11.3. The predicted molar refractivity (Wildman–Crippen MR) is 84.4 cm³/mol. The lowest BCUT2D eigenvalue weighted by Gasteiger charge is -2.17. The fourth-order valence-corrected chi connectivity index (χ4v) is 3.12. The number of nitrogens with zero attached hydrogens (tertiary/aromatic N) is 2. The fraction of sp³-hybridized carbons (Fsp3) is 0.111. The first-order valence-electron chi connectivity index (χ1n) is 7.25. The standard InChI is InChI=1S/C18H14N2O3/c1-22-18(21)23-16-10-19-11-20(16)17-14-8-4-2-6-12(14)13-7-3-5-9-15(13)17/h2-11,17H,1H3. The van der Waals surface area contributed by atoms with Crippen molar-refractivity contribution in [2.24, 2.45) is 0 Å². The van der Waals surface area contributed by atoms with Crippen molar-refractivity contribution < 1.29 is 14.3 Å². The van der Waals surface area contributed by atoms with E-state index in [4.69, 9.17) is 4.74 Å². The predicted octanol–water partition coefficient (Wildman–Crippen LogP) is 3.65. The van der Waals surface area contributed by atoms with E-state index in [2.05, 4.69) is 34.0 Å². The van der Waals surface area contributed by atoms with Gasteiger partial charge in [0.2, 0.25) is 5.88 Å². The highest BCUT2D eigenvalue weighted by atomic mass is 16.7. The molecule has 0 unspecified atom stereocenters. The number of hydrogen-bond donors (Lipinski definition) is 0. The van der Waals surface area contributed by atoms with Crippen molar-refractivity contribution in [3.63, 3.8) is 0 Å². The summed E-state index contributed by atoms with van der Waals surface area (Å²) in [4.78, 5) is 15.6. The molecule has 1 aliphatic carbocycles. The summed E-state index contributed by atoms with van der Waals surface area (Å²) in [6.45, 7) is 0. The monoisotopic (exact) mass is 306 g/mol. The number of benzene rings is 2. The van der Waals surface area contributed by atoms with Crippen LogP contribution < -0.4 is 4.74 Å². The van der Waals surface area contributed by atoms with Gasteiger partial charge in [-0.25, -0.2) is 9.78 Å². The molecule has 23 heavy (non-hydrogen) atoms. The van der Waals surface area contributed by atoms with Gasteiger partial charge in [0.1, 0.15) is 0 Å². The summed E-state index contributed by atoms with van der Waals surface area (Å²) < 4.78 is 11.6. The summed E-state index contributed by atoms with van der Waals surface area (Å²) in [6.07, 6.45) is 2.42. The third kappa shape index (κ3) is 2.09. The highest BCUT2D eigenvalue weighted by molar-refractivity contribution is 5.78. The SMILES string of the molecule is COC(=O)Oc1cncn1C1c2ccccc2-c2ccccc21. The van der Waals surface area contributed by atoms with Gasteiger partial charge in [0, 0.05) is 0 Å². The largest absolute Gasteiger partial charge is 0.514 e. The Hall–Kier alpha value is -3.08. The molecule has 4 rings (SSSR count). The van der Waals surface area contributed by atoms with Gasteiger partial charge in [-0.3, -0.25) is 4.57 Å². The molecule has 0 fully saturated rings. The summed E-state index contributed by atoms with van der Waals surface area (Å²) in [5.74, 6) is 0.355. The zero-order valence-corrected chi connectivity index (χ0v) is 12.5. The van der Waals surface area contributed by atoms with Crippen LogP contribution in [-0.4, -0.2) is 22.8 Å². The van der Waals surface area contributed by atoms with E-state index in [-0.39, 0.29) is 6.04 Å². The number of hydrogen-bond acceptors (Lipinski definition) is 4. The van der Waals surface area contributed by atoms with Crippen LogP contribution in [0.15, 0.2) is 61.1 Å². The number of fused-ring (bicyclic) bond motifs is 3. The number of aromatic nitrogens is 2. The van der Waals surface area contributed by atoms with Crippen LogP contribution in [0.4, 0.5) is 4.79 Å². The van der Waals surface area contributed by atoms with Gasteiger partial charge in [-0.15, -0.1) is 0 Å². The van der Waals surface area contributed by atoms with Crippen molar-refractivity contribution in [3.05, 3.63) is 72.2 Å². The Morgan fingerprint density at radius 2 is 1.65 bits per heavy atom. The fourth-order valence-electron chi connectivity index (χ4n) is 3.12. The van der Waals surface area contributed by atoms with E-state index in [0.29, 0.717) is 5.88 Å². The number of ether oxygens (including phenoxy) is 2. The molecular formula is C18H14N2O3. The number of rotatable bonds is 2. The molecule has 5 heteroatoms. The summed E-state index contributed by atoms with van der Waals surface area (Å²) in [5, 5.41) is 0. The van der Waals surface area contributed by atoms with Crippen molar-refractivity contribution >= 4 is 6.16 Å². The molecule has 0 radical (unpaired) electrons. The average Bonchev–Trinajstić information content (AvgIpc) is 3.16. The Morgan fingerprint density at radius 1 is 1.04 bits per heavy atom. The Bertz CT molecular complexity index is 840. The second kappa shape index (κ2) is 5.28. The van der Waals surface area contributed by atoms with E-state index in [9.17, 15) is 4.79 Å². The van der Waals surface area contributed by atoms with E-state index in [1.807, 2.05) is 28.8 Å². The maximum absolute atomic E-state index is 11.5. The van der Waals surface area contributed by atoms with Gasteiger partial charge in [-0.1, -0.05) is 48.5 Å². The van der Waals surface area contributed by atoms with Crippen molar-refractivity contribution in [2.75, 3.05) is 7.11 Å². The molecule has 1 heterocycles. The van der Waals surface area contributed by atoms with Crippen LogP contribution in [0.2, 0.25) is 0 Å². The highest BCUT2D eigenvalue weighted by Gasteiger charge is 2.31. The molecule has 1 aromatic heterocycles. The van der Waals surface area contributed by atoms with Crippen LogP contribution in [-0.2, 0) is 4.74 Å². The molecule has 3 aromatic rings. The minimum Gasteiger partial charge on any atom is -0.437 e. The second-order valence-electron chi connectivity index (χ2n) is 5.27. The van der Waals surface area contributed by atoms with E-state index >= 15 is 0 Å². The minimum atomic E-state index is -0.758. The molecule has 5 nitrogen and oxygen atoms in total. The minimum absolute atomic E-state index is 0.0791. The normalized spacial score (nSPS) is 12.6. The molecule has 0 amide bonds. The average molecular weight is 306 g/mol. The molecule has 0 atom stereocenters. The van der Waals surface area contributed by atoms with E-state index in [1.165, 1.54) is 24.4 Å². The van der Waals surface area contributed by atoms with Crippen LogP contribution in [0.25, 0.3) is 11.1 Å². The first kappa shape index (κ1) is 13.6. The smallest absolute Gasteiger partial charge is 0.437 e. The van der Waals surface area contributed by atoms with Crippen molar-refractivity contribution in [1.82, 2.24) is 9.55 Å². The summed E-state index contributed by atoms with van der Waals surface area (Å²) in [5.41, 5.74) is 4.68. The first-order valence-corrected chi connectivity index (χ1v) is 7.25. The third-order valence-electron chi connectivity index (χ3n) is 4.06. The maximum Gasteiger partial charge on any atom is 0.514 e. The van der Waals surface area contributed by atoms with E-state index in [1.54, 1.807) is 6.33 Å². The molecule has 0 bridgehead atoms. The van der Waals surface area contributed by atoms with Gasteiger partial charge in [-0.2, -0.15) is 0 Å². The van der Waals surface area contributed by atoms with Crippen LogP contribution in [0, 0.1) is 0 Å². The van der Waals surface area contributed by atoms with E-state index < -0.39 is 6.16 Å². The van der Waals surface area contributed by atoms with Crippen molar-refractivity contribution in [2.45, 2.75) is 6.04 Å². The summed E-state index contributed by atoms with van der Waals surface area (Å²) >= 11 is 0. The second-order valence-corrected chi connectivity index (χ2v) is 5.27. The van der Waals surface area contributed by atoms with E-state index in [0.717, 1.165) is 11.1 Å². The zero-order valence-electron chi connectivity index (χ0n) is 12.5. The topological polar surface area (TPSA) is 53.4 Å². The molecule has 114 valence electrons. The number of methoxy groups -OCH3 is 1. The summed E-state index contributed by atoms with van der Waals surface area (Å²) in [7, 11) is 1.28. The lowest BCUT2D eigenvalue weighted by atomic mass is 10.1. The molecule has 0 spiro atoms. The summed E-state index contributed by atoms with van der Waals surface area (Å²) in [6, 6.07) is 16.4. The molecule has 2 aromatic carbocycles. The van der Waals surface area contributed by atoms with Gasteiger partial charge >= 0.3 is 6.16 Å². The molecule has 0 N–H and O–H groups in total. The van der Waals surface area contributed by atoms with Crippen LogP contribution in [0.3, 0.4) is 0 Å². The molecule has 0 aliphatic heterocycles. The van der Waals surface area contributed by atoms with Gasteiger partial charge in [-0.05, 0) is 22.3 Å². The quantitative estimate of drug-likeness (QED) is 0.530. The Balaban J connectivity index is 1.87. The zero-order chi connectivity index (χ0) is 15.8. The Morgan fingerprint density at radius 3 is 2.26 bits per heavy atom. The number of carbonyl (C=O) groups is 1. The van der Waals surface area contributed by atoms with Crippen LogP contribution in [0.1, 0.15) is 17.2 Å². The lowest BCUT2D eigenvalue weighted by molar-refractivity contribution is 0.118. The highest BCUT2D eigenvalue weighted by Crippen LogP contribution is 2.46. The van der Waals surface area contributed by atoms with Gasteiger partial charge in [0.05, 0.1) is 25.7 Å². The lowest BCUT2D eigenvalue weighted by Crippen LogP contribution is -2.14. The molecular weight excluding hydrogens is 292 g/mol. The third-order valence-corrected chi connectivity index (χ3v) is 4.06. The Kier molecular flexibility index (Phi) is 3.12. The molecule has 1 aliphatic rings. The van der Waals surface area contributed by atoms with Crippen molar-refractivity contribution in [3.8, 4) is 17.0 Å². The number of carbonyl (C=O) groups excluding carboxylic acids is 1. The van der Waals surface area contributed by atoms with Crippen molar-refractivity contribution in [1.29, 1.82) is 0 Å².